The molecule has 1 fully saturated rings. The Morgan fingerprint density at radius 1 is 1.50 bits per heavy atom. The standard InChI is InChI=1S/C14H18BrFN2OS/c15-12-10(14(17)20)5-6-11(13(12)16)18(7-2-8-19)9-3-1-4-9/h5-6,9,19H,1-4,7-8H2,(H2,17,20). The van der Waals surface area contributed by atoms with Crippen LogP contribution < -0.4 is 10.6 Å². The Hall–Kier alpha value is -0.720. The van der Waals surface area contributed by atoms with E-state index in [-0.39, 0.29) is 17.4 Å². The number of benzene rings is 1. The van der Waals surface area contributed by atoms with Crippen LogP contribution in [0.5, 0.6) is 0 Å². The molecule has 3 N–H and O–H groups in total. The van der Waals surface area contributed by atoms with Gasteiger partial charge in [0, 0.05) is 24.8 Å². The Bertz CT molecular complexity index is 508. The van der Waals surface area contributed by atoms with Crippen molar-refractivity contribution in [1.82, 2.24) is 0 Å². The van der Waals surface area contributed by atoms with Crippen molar-refractivity contribution in [3.63, 3.8) is 0 Å². The van der Waals surface area contributed by atoms with Crippen molar-refractivity contribution in [3.8, 4) is 0 Å². The van der Waals surface area contributed by atoms with Gasteiger partial charge in [-0.2, -0.15) is 0 Å². The average molecular weight is 361 g/mol. The fraction of sp³-hybridized carbons (Fsp3) is 0.500. The Labute approximate surface area is 132 Å². The molecule has 1 aliphatic rings. The maximum absolute atomic E-state index is 14.6. The van der Waals surface area contributed by atoms with Gasteiger partial charge < -0.3 is 15.7 Å². The van der Waals surface area contributed by atoms with E-state index in [1.54, 1.807) is 12.1 Å². The van der Waals surface area contributed by atoms with Crippen LogP contribution in [0.15, 0.2) is 16.6 Å². The zero-order valence-corrected chi connectivity index (χ0v) is 13.5. The molecule has 0 amide bonds. The molecule has 3 nitrogen and oxygen atoms in total. The number of aliphatic hydroxyl groups excluding tert-OH is 1. The van der Waals surface area contributed by atoms with Crippen molar-refractivity contribution >= 4 is 38.8 Å². The quantitative estimate of drug-likeness (QED) is 0.765. The van der Waals surface area contributed by atoms with Gasteiger partial charge in [-0.05, 0) is 53.7 Å². The highest BCUT2D eigenvalue weighted by molar-refractivity contribution is 9.10. The lowest BCUT2D eigenvalue weighted by Crippen LogP contribution is -2.41. The van der Waals surface area contributed by atoms with E-state index >= 15 is 0 Å². The number of nitrogens with two attached hydrogens (primary N) is 1. The number of hydrogen-bond donors (Lipinski definition) is 2. The number of hydrogen-bond acceptors (Lipinski definition) is 3. The molecule has 0 heterocycles. The highest BCUT2D eigenvalue weighted by Gasteiger charge is 2.27. The zero-order valence-electron chi connectivity index (χ0n) is 11.1. The maximum atomic E-state index is 14.6. The fourth-order valence-electron chi connectivity index (χ4n) is 2.39. The van der Waals surface area contributed by atoms with Gasteiger partial charge in [0.1, 0.15) is 4.99 Å². The summed E-state index contributed by atoms with van der Waals surface area (Å²) in [7, 11) is 0. The number of rotatable bonds is 6. The Morgan fingerprint density at radius 3 is 2.70 bits per heavy atom. The van der Waals surface area contributed by atoms with Crippen LogP contribution in [-0.2, 0) is 0 Å². The van der Waals surface area contributed by atoms with E-state index in [1.807, 2.05) is 4.90 Å². The lowest BCUT2D eigenvalue weighted by molar-refractivity contribution is 0.282. The van der Waals surface area contributed by atoms with Gasteiger partial charge in [0.05, 0.1) is 10.2 Å². The third kappa shape index (κ3) is 3.13. The van der Waals surface area contributed by atoms with Crippen molar-refractivity contribution in [3.05, 3.63) is 28.0 Å². The van der Waals surface area contributed by atoms with Crippen LogP contribution >= 0.6 is 28.1 Å². The molecule has 6 heteroatoms. The second kappa shape index (κ2) is 6.83. The molecular weight excluding hydrogens is 343 g/mol. The first-order chi connectivity index (χ1) is 9.56. The van der Waals surface area contributed by atoms with E-state index in [4.69, 9.17) is 23.1 Å². The van der Waals surface area contributed by atoms with Crippen LogP contribution in [0.1, 0.15) is 31.2 Å². The fourth-order valence-corrected chi connectivity index (χ4v) is 3.24. The van der Waals surface area contributed by atoms with Crippen molar-refractivity contribution in [2.24, 2.45) is 5.73 Å². The van der Waals surface area contributed by atoms with E-state index in [2.05, 4.69) is 15.9 Å². The number of aliphatic hydroxyl groups is 1. The van der Waals surface area contributed by atoms with Gasteiger partial charge in [0.2, 0.25) is 0 Å². The summed E-state index contributed by atoms with van der Waals surface area (Å²) >= 11 is 8.15. The summed E-state index contributed by atoms with van der Waals surface area (Å²) in [6.07, 6.45) is 3.94. The minimum atomic E-state index is -0.333. The van der Waals surface area contributed by atoms with Crippen molar-refractivity contribution in [1.29, 1.82) is 0 Å². The minimum absolute atomic E-state index is 0.108. The van der Waals surface area contributed by atoms with Crippen LogP contribution in [0.25, 0.3) is 0 Å². The minimum Gasteiger partial charge on any atom is -0.396 e. The third-order valence-electron chi connectivity index (χ3n) is 3.71. The molecule has 2 rings (SSSR count). The number of anilines is 1. The van der Waals surface area contributed by atoms with Gasteiger partial charge in [0.25, 0.3) is 0 Å². The normalized spacial score (nSPS) is 14.9. The van der Waals surface area contributed by atoms with E-state index in [9.17, 15) is 4.39 Å². The zero-order chi connectivity index (χ0) is 14.7. The lowest BCUT2D eigenvalue weighted by atomic mass is 9.90. The summed E-state index contributed by atoms with van der Waals surface area (Å²) in [5.74, 6) is -0.333. The molecule has 1 saturated carbocycles. The lowest BCUT2D eigenvalue weighted by Gasteiger charge is -2.39. The summed E-state index contributed by atoms with van der Waals surface area (Å²) < 4.78 is 14.9. The summed E-state index contributed by atoms with van der Waals surface area (Å²) in [6.45, 7) is 0.758. The maximum Gasteiger partial charge on any atom is 0.161 e. The third-order valence-corrected chi connectivity index (χ3v) is 4.70. The molecule has 0 atom stereocenters. The highest BCUT2D eigenvalue weighted by Crippen LogP contribution is 2.35. The first-order valence-corrected chi connectivity index (χ1v) is 7.91. The van der Waals surface area contributed by atoms with E-state index in [1.165, 1.54) is 6.42 Å². The summed E-state index contributed by atoms with van der Waals surface area (Å²) in [6, 6.07) is 3.83. The number of halogens is 2. The van der Waals surface area contributed by atoms with Crippen molar-refractivity contribution < 1.29 is 9.50 Å². The first kappa shape index (κ1) is 15.7. The van der Waals surface area contributed by atoms with Crippen LogP contribution in [-0.4, -0.2) is 29.3 Å². The Kier molecular flexibility index (Phi) is 5.35. The van der Waals surface area contributed by atoms with Crippen LogP contribution in [0.4, 0.5) is 10.1 Å². The predicted molar refractivity (Wildman–Crippen MR) is 86.7 cm³/mol. The molecule has 110 valence electrons. The SMILES string of the molecule is NC(=S)c1ccc(N(CCCO)C2CCC2)c(F)c1Br. The van der Waals surface area contributed by atoms with Crippen LogP contribution in [0, 0.1) is 5.82 Å². The second-order valence-corrected chi connectivity index (χ2v) is 6.21. The molecule has 1 aromatic carbocycles. The summed E-state index contributed by atoms with van der Waals surface area (Å²) in [5, 5.41) is 9.01. The smallest absolute Gasteiger partial charge is 0.161 e. The van der Waals surface area contributed by atoms with E-state index in [0.29, 0.717) is 34.7 Å². The molecule has 0 unspecified atom stereocenters. The molecule has 0 bridgehead atoms. The van der Waals surface area contributed by atoms with Crippen molar-refractivity contribution in [2.45, 2.75) is 31.7 Å². The molecule has 1 aliphatic carbocycles. The monoisotopic (exact) mass is 360 g/mol. The molecule has 1 aromatic rings. The molecule has 0 aromatic heterocycles. The number of nitrogens with zero attached hydrogens (tertiary/aromatic N) is 1. The Balaban J connectivity index is 2.32. The van der Waals surface area contributed by atoms with Gasteiger partial charge in [-0.15, -0.1) is 0 Å². The van der Waals surface area contributed by atoms with Gasteiger partial charge in [-0.3, -0.25) is 0 Å². The summed E-state index contributed by atoms with van der Waals surface area (Å²) in [4.78, 5) is 2.22. The number of thiocarbonyl (C=S) groups is 1. The molecule has 20 heavy (non-hydrogen) atoms. The molecule has 0 aliphatic heterocycles. The van der Waals surface area contributed by atoms with Gasteiger partial charge in [0.15, 0.2) is 5.82 Å². The average Bonchev–Trinajstić information content (AvgIpc) is 2.35. The van der Waals surface area contributed by atoms with Crippen LogP contribution in [0.3, 0.4) is 0 Å². The molecule has 0 spiro atoms. The Morgan fingerprint density at radius 2 is 2.20 bits per heavy atom. The van der Waals surface area contributed by atoms with Gasteiger partial charge in [-0.1, -0.05) is 12.2 Å². The van der Waals surface area contributed by atoms with E-state index < -0.39 is 0 Å². The van der Waals surface area contributed by atoms with Crippen LogP contribution in [0.2, 0.25) is 0 Å². The first-order valence-electron chi connectivity index (χ1n) is 6.71. The molecule has 0 saturated heterocycles. The highest BCUT2D eigenvalue weighted by atomic mass is 79.9. The van der Waals surface area contributed by atoms with E-state index in [0.717, 1.165) is 12.8 Å². The largest absolute Gasteiger partial charge is 0.396 e. The molecular formula is C14H18BrFN2OS. The second-order valence-electron chi connectivity index (χ2n) is 4.98. The molecule has 0 radical (unpaired) electrons. The van der Waals surface area contributed by atoms with Gasteiger partial charge in [-0.25, -0.2) is 4.39 Å². The summed E-state index contributed by atoms with van der Waals surface area (Å²) in [5.41, 5.74) is 6.64. The van der Waals surface area contributed by atoms with Gasteiger partial charge >= 0.3 is 0 Å². The topological polar surface area (TPSA) is 49.5 Å². The van der Waals surface area contributed by atoms with Crippen molar-refractivity contribution in [2.75, 3.05) is 18.1 Å². The predicted octanol–water partition coefficient (Wildman–Crippen LogP) is 2.96.